The second kappa shape index (κ2) is 7.17. The highest BCUT2D eigenvalue weighted by Gasteiger charge is 2.53. The summed E-state index contributed by atoms with van der Waals surface area (Å²) in [4.78, 5) is 8.05. The molecule has 1 aromatic rings. The van der Waals surface area contributed by atoms with E-state index in [0.717, 1.165) is 0 Å². The predicted molar refractivity (Wildman–Crippen MR) is 114 cm³/mol. The number of likely N-dealkylation sites (tertiary alicyclic amines) is 1. The number of hydrogen-bond donors (Lipinski definition) is 0. The maximum atomic E-state index is 2.85. The molecule has 0 bridgehead atoms. The van der Waals surface area contributed by atoms with Crippen molar-refractivity contribution in [3.63, 3.8) is 0 Å². The minimum absolute atomic E-state index is 0.270. The third-order valence-electron chi connectivity index (χ3n) is 7.93. The van der Waals surface area contributed by atoms with E-state index >= 15 is 0 Å². The molecule has 1 saturated carbocycles. The van der Waals surface area contributed by atoms with Crippen molar-refractivity contribution >= 4 is 0 Å². The third kappa shape index (κ3) is 3.71. The predicted octanol–water partition coefficient (Wildman–Crippen LogP) is 4.19. The highest BCUT2D eigenvalue weighted by atomic mass is 15.3. The summed E-state index contributed by atoms with van der Waals surface area (Å²) >= 11 is 0. The van der Waals surface area contributed by atoms with Gasteiger partial charge in [-0.2, -0.15) is 0 Å². The Balaban J connectivity index is 1.57. The minimum atomic E-state index is 0.270. The Hall–Kier alpha value is -0.900. The molecule has 3 heteroatoms. The molecule has 150 valence electrons. The summed E-state index contributed by atoms with van der Waals surface area (Å²) in [5.41, 5.74) is 2.71. The number of benzene rings is 1. The fourth-order valence-electron chi connectivity index (χ4n) is 6.03. The van der Waals surface area contributed by atoms with Crippen molar-refractivity contribution in [3.8, 4) is 0 Å². The minimum Gasteiger partial charge on any atom is -0.304 e. The number of likely N-dealkylation sites (N-methyl/N-ethyl adjacent to an activating group) is 1. The van der Waals surface area contributed by atoms with Crippen molar-refractivity contribution in [3.05, 3.63) is 35.9 Å². The molecule has 27 heavy (non-hydrogen) atoms. The highest BCUT2D eigenvalue weighted by molar-refractivity contribution is 5.28. The van der Waals surface area contributed by atoms with Gasteiger partial charge in [0.1, 0.15) is 0 Å². The Morgan fingerprint density at radius 3 is 2.00 bits per heavy atom. The summed E-state index contributed by atoms with van der Waals surface area (Å²) < 4.78 is 0. The number of piperidine rings is 1. The lowest BCUT2D eigenvalue weighted by molar-refractivity contribution is 0.00894. The number of piperazine rings is 1. The van der Waals surface area contributed by atoms with Crippen molar-refractivity contribution in [2.75, 3.05) is 46.3 Å². The van der Waals surface area contributed by atoms with Crippen LogP contribution >= 0.6 is 0 Å². The lowest BCUT2D eigenvalue weighted by Gasteiger charge is -2.49. The summed E-state index contributed by atoms with van der Waals surface area (Å²) in [6.45, 7) is 14.5. The molecule has 4 rings (SSSR count). The van der Waals surface area contributed by atoms with Crippen LogP contribution in [-0.4, -0.2) is 66.6 Å². The van der Waals surface area contributed by atoms with Crippen molar-refractivity contribution in [1.29, 1.82) is 0 Å². The van der Waals surface area contributed by atoms with Crippen LogP contribution in [0, 0.1) is 5.41 Å². The SMILES string of the molecule is CN1CCN(C2(c3ccccc3)CCC3(CCN(C(C)(C)C)CC3)C2)CC1. The zero-order valence-electron chi connectivity index (χ0n) is 18.0. The van der Waals surface area contributed by atoms with E-state index in [1.54, 1.807) is 5.56 Å². The molecule has 1 unspecified atom stereocenters. The Bertz CT molecular complexity index is 619. The number of rotatable bonds is 2. The van der Waals surface area contributed by atoms with Crippen LogP contribution < -0.4 is 0 Å². The van der Waals surface area contributed by atoms with Crippen LogP contribution in [0.1, 0.15) is 58.4 Å². The summed E-state index contributed by atoms with van der Waals surface area (Å²) in [6.07, 6.45) is 6.88. The van der Waals surface area contributed by atoms with Crippen molar-refractivity contribution in [2.45, 2.75) is 64.0 Å². The first-order chi connectivity index (χ1) is 12.8. The third-order valence-corrected chi connectivity index (χ3v) is 7.93. The van der Waals surface area contributed by atoms with Crippen LogP contribution in [0.2, 0.25) is 0 Å². The van der Waals surface area contributed by atoms with Gasteiger partial charge in [0.15, 0.2) is 0 Å². The molecule has 1 spiro atoms. The largest absolute Gasteiger partial charge is 0.304 e. The monoisotopic (exact) mass is 369 g/mol. The molecule has 1 aromatic carbocycles. The quantitative estimate of drug-likeness (QED) is 0.774. The average molecular weight is 370 g/mol. The van der Waals surface area contributed by atoms with Crippen molar-refractivity contribution < 1.29 is 0 Å². The molecular weight excluding hydrogens is 330 g/mol. The van der Waals surface area contributed by atoms with Crippen LogP contribution in [-0.2, 0) is 5.54 Å². The summed E-state index contributed by atoms with van der Waals surface area (Å²) in [5, 5.41) is 0. The molecule has 1 atom stereocenters. The van der Waals surface area contributed by atoms with Gasteiger partial charge >= 0.3 is 0 Å². The molecule has 0 amide bonds. The van der Waals surface area contributed by atoms with Gasteiger partial charge in [-0.15, -0.1) is 0 Å². The molecule has 1 aliphatic carbocycles. The van der Waals surface area contributed by atoms with Gasteiger partial charge in [-0.05, 0) is 84.0 Å². The fraction of sp³-hybridized carbons (Fsp3) is 0.750. The van der Waals surface area contributed by atoms with E-state index in [4.69, 9.17) is 0 Å². The normalized spacial score (nSPS) is 30.8. The van der Waals surface area contributed by atoms with Crippen molar-refractivity contribution in [2.24, 2.45) is 5.41 Å². The van der Waals surface area contributed by atoms with Gasteiger partial charge in [-0.3, -0.25) is 9.80 Å². The zero-order valence-corrected chi connectivity index (χ0v) is 18.0. The van der Waals surface area contributed by atoms with Gasteiger partial charge in [0.05, 0.1) is 0 Å². The fourth-order valence-corrected chi connectivity index (χ4v) is 6.03. The van der Waals surface area contributed by atoms with E-state index in [9.17, 15) is 0 Å². The van der Waals surface area contributed by atoms with Gasteiger partial charge in [0, 0.05) is 37.3 Å². The Morgan fingerprint density at radius 2 is 1.41 bits per heavy atom. The molecular formula is C24H39N3. The van der Waals surface area contributed by atoms with E-state index in [2.05, 4.69) is 72.9 Å². The van der Waals surface area contributed by atoms with Gasteiger partial charge in [0.25, 0.3) is 0 Å². The first-order valence-corrected chi connectivity index (χ1v) is 11.1. The smallest absolute Gasteiger partial charge is 0.0467 e. The molecule has 2 aliphatic heterocycles. The van der Waals surface area contributed by atoms with Crippen LogP contribution in [0.3, 0.4) is 0 Å². The van der Waals surface area contributed by atoms with Crippen LogP contribution in [0.25, 0.3) is 0 Å². The van der Waals surface area contributed by atoms with Gasteiger partial charge < -0.3 is 4.90 Å². The zero-order chi connectivity index (χ0) is 19.1. The molecule has 0 aromatic heterocycles. The van der Waals surface area contributed by atoms with Gasteiger partial charge in [-0.1, -0.05) is 30.3 Å². The van der Waals surface area contributed by atoms with Crippen LogP contribution in [0.15, 0.2) is 30.3 Å². The molecule has 3 aliphatic rings. The van der Waals surface area contributed by atoms with Crippen LogP contribution in [0.5, 0.6) is 0 Å². The van der Waals surface area contributed by atoms with Gasteiger partial charge in [-0.25, -0.2) is 0 Å². The lowest BCUT2D eigenvalue weighted by atomic mass is 9.73. The second-order valence-electron chi connectivity index (χ2n) is 10.5. The van der Waals surface area contributed by atoms with E-state index in [1.165, 1.54) is 71.4 Å². The molecule has 0 radical (unpaired) electrons. The standard InChI is InChI=1S/C24H39N3/c1-22(2,3)26-14-12-23(13-15-26)10-11-24(20-23,21-8-6-5-7-9-21)27-18-16-25(4)17-19-27/h5-9H,10-20H2,1-4H3. The highest BCUT2D eigenvalue weighted by Crippen LogP contribution is 2.57. The molecule has 2 saturated heterocycles. The summed E-state index contributed by atoms with van der Waals surface area (Å²) in [7, 11) is 2.27. The van der Waals surface area contributed by atoms with Crippen molar-refractivity contribution in [1.82, 2.24) is 14.7 Å². The Morgan fingerprint density at radius 1 is 0.778 bits per heavy atom. The molecule has 3 nitrogen and oxygen atoms in total. The van der Waals surface area contributed by atoms with E-state index in [-0.39, 0.29) is 5.54 Å². The second-order valence-corrected chi connectivity index (χ2v) is 10.5. The first-order valence-electron chi connectivity index (χ1n) is 11.1. The molecule has 2 heterocycles. The number of nitrogens with zero attached hydrogens (tertiary/aromatic N) is 3. The van der Waals surface area contributed by atoms with Crippen LogP contribution in [0.4, 0.5) is 0 Å². The van der Waals surface area contributed by atoms with E-state index < -0.39 is 0 Å². The Labute approximate surface area is 166 Å². The molecule has 0 N–H and O–H groups in total. The topological polar surface area (TPSA) is 9.72 Å². The average Bonchev–Trinajstić information content (AvgIpc) is 3.03. The lowest BCUT2D eigenvalue weighted by Crippen LogP contribution is -2.54. The maximum Gasteiger partial charge on any atom is 0.0467 e. The summed E-state index contributed by atoms with van der Waals surface area (Å²) in [5.74, 6) is 0. The summed E-state index contributed by atoms with van der Waals surface area (Å²) in [6, 6.07) is 11.5. The maximum absolute atomic E-state index is 2.85. The number of hydrogen-bond acceptors (Lipinski definition) is 3. The van der Waals surface area contributed by atoms with E-state index in [1.807, 2.05) is 0 Å². The first kappa shape index (κ1) is 19.4. The van der Waals surface area contributed by atoms with Gasteiger partial charge in [0.2, 0.25) is 0 Å². The molecule has 3 fully saturated rings. The Kier molecular flexibility index (Phi) is 5.15. The van der Waals surface area contributed by atoms with E-state index in [0.29, 0.717) is 11.0 Å².